The monoisotopic (exact) mass is 437 g/mol. The molecule has 0 saturated carbocycles. The number of aryl methyl sites for hydroxylation is 1. The molecule has 1 unspecified atom stereocenters. The molecule has 2 nitrogen and oxygen atoms in total. The van der Waals surface area contributed by atoms with Crippen molar-refractivity contribution >= 4 is 22.6 Å². The van der Waals surface area contributed by atoms with Crippen LogP contribution >= 0.6 is 22.6 Å². The van der Waals surface area contributed by atoms with Gasteiger partial charge in [-0.05, 0) is 98.1 Å². The van der Waals surface area contributed by atoms with Gasteiger partial charge in [0.25, 0.3) is 0 Å². The summed E-state index contributed by atoms with van der Waals surface area (Å²) in [4.78, 5) is 2.47. The van der Waals surface area contributed by atoms with Crippen molar-refractivity contribution in [2.45, 2.75) is 38.6 Å². The highest BCUT2D eigenvalue weighted by Crippen LogP contribution is 2.21. The summed E-state index contributed by atoms with van der Waals surface area (Å²) in [5, 5.41) is 0. The molecule has 2 rings (SSSR count). The van der Waals surface area contributed by atoms with Gasteiger partial charge in [-0.15, -0.1) is 0 Å². The summed E-state index contributed by atoms with van der Waals surface area (Å²) < 4.78 is 6.67. The van der Waals surface area contributed by atoms with Crippen LogP contribution in [0, 0.1) is 3.57 Å². The fourth-order valence-electron chi connectivity index (χ4n) is 2.86. The predicted octanol–water partition coefficient (Wildman–Crippen LogP) is 5.19. The SMILES string of the molecule is COc1ccc(I)c(CC(C)N(C)CCCCc2ccccc2)c1. The van der Waals surface area contributed by atoms with E-state index in [2.05, 4.69) is 83.9 Å². The summed E-state index contributed by atoms with van der Waals surface area (Å²) in [6.07, 6.45) is 4.73. The molecule has 0 aliphatic carbocycles. The van der Waals surface area contributed by atoms with Gasteiger partial charge in [0.15, 0.2) is 0 Å². The summed E-state index contributed by atoms with van der Waals surface area (Å²) in [7, 11) is 3.97. The highest BCUT2D eigenvalue weighted by atomic mass is 127. The second-order valence-corrected chi connectivity index (χ2v) is 7.60. The minimum absolute atomic E-state index is 0.530. The molecule has 0 fully saturated rings. The van der Waals surface area contributed by atoms with Crippen molar-refractivity contribution in [2.75, 3.05) is 20.7 Å². The molecule has 0 aliphatic rings. The fraction of sp³-hybridized carbons (Fsp3) is 0.429. The van der Waals surface area contributed by atoms with E-state index in [-0.39, 0.29) is 0 Å². The zero-order chi connectivity index (χ0) is 17.4. The summed E-state index contributed by atoms with van der Waals surface area (Å²) in [5.74, 6) is 0.947. The van der Waals surface area contributed by atoms with Crippen molar-refractivity contribution in [1.29, 1.82) is 0 Å². The third-order valence-corrected chi connectivity index (χ3v) is 5.64. The Hall–Kier alpha value is -1.07. The van der Waals surface area contributed by atoms with Crippen LogP contribution in [0.15, 0.2) is 48.5 Å². The Morgan fingerprint density at radius 1 is 1.08 bits per heavy atom. The third kappa shape index (κ3) is 6.10. The van der Waals surface area contributed by atoms with Gasteiger partial charge in [0, 0.05) is 9.61 Å². The van der Waals surface area contributed by atoms with Crippen LogP contribution in [-0.4, -0.2) is 31.6 Å². The van der Waals surface area contributed by atoms with E-state index in [4.69, 9.17) is 4.74 Å². The first-order valence-corrected chi connectivity index (χ1v) is 9.74. The molecule has 0 amide bonds. The van der Waals surface area contributed by atoms with Crippen LogP contribution in [0.3, 0.4) is 0 Å². The van der Waals surface area contributed by atoms with E-state index >= 15 is 0 Å². The number of hydrogen-bond donors (Lipinski definition) is 0. The number of methoxy groups -OCH3 is 1. The molecule has 2 aromatic carbocycles. The number of hydrogen-bond acceptors (Lipinski definition) is 2. The molecule has 1 atom stereocenters. The van der Waals surface area contributed by atoms with Crippen LogP contribution in [0.25, 0.3) is 0 Å². The van der Waals surface area contributed by atoms with Gasteiger partial charge in [-0.25, -0.2) is 0 Å². The van der Waals surface area contributed by atoms with E-state index in [0.717, 1.165) is 18.7 Å². The van der Waals surface area contributed by atoms with Gasteiger partial charge < -0.3 is 9.64 Å². The van der Waals surface area contributed by atoms with Gasteiger partial charge in [-0.1, -0.05) is 30.3 Å². The van der Waals surface area contributed by atoms with Crippen LogP contribution in [0.2, 0.25) is 0 Å². The quantitative estimate of drug-likeness (QED) is 0.396. The molecule has 0 aliphatic heterocycles. The van der Waals surface area contributed by atoms with E-state index in [0.29, 0.717) is 6.04 Å². The average Bonchev–Trinajstić information content (AvgIpc) is 2.61. The second-order valence-electron chi connectivity index (χ2n) is 6.43. The summed E-state index contributed by atoms with van der Waals surface area (Å²) in [5.41, 5.74) is 2.82. The van der Waals surface area contributed by atoms with Crippen molar-refractivity contribution in [1.82, 2.24) is 4.90 Å². The first kappa shape index (κ1) is 19.3. The number of ether oxygens (including phenoxy) is 1. The lowest BCUT2D eigenvalue weighted by molar-refractivity contribution is 0.251. The topological polar surface area (TPSA) is 12.5 Å². The Bertz CT molecular complexity index is 614. The molecule has 0 aromatic heterocycles. The smallest absolute Gasteiger partial charge is 0.119 e. The molecular formula is C21H28INO. The van der Waals surface area contributed by atoms with E-state index < -0.39 is 0 Å². The molecule has 0 saturated heterocycles. The largest absolute Gasteiger partial charge is 0.497 e. The number of nitrogens with zero attached hydrogens (tertiary/aromatic N) is 1. The number of unbranched alkanes of at least 4 members (excludes halogenated alkanes) is 1. The van der Waals surface area contributed by atoms with Gasteiger partial charge >= 0.3 is 0 Å². The minimum atomic E-state index is 0.530. The molecule has 24 heavy (non-hydrogen) atoms. The number of benzene rings is 2. The molecule has 0 heterocycles. The molecule has 0 radical (unpaired) electrons. The van der Waals surface area contributed by atoms with E-state index in [9.17, 15) is 0 Å². The molecule has 2 aromatic rings. The second kappa shape index (κ2) is 10.0. The van der Waals surface area contributed by atoms with Crippen molar-refractivity contribution in [3.8, 4) is 5.75 Å². The van der Waals surface area contributed by atoms with Crippen LogP contribution < -0.4 is 4.74 Å². The number of likely N-dealkylation sites (N-methyl/N-ethyl adjacent to an activating group) is 1. The Morgan fingerprint density at radius 2 is 1.83 bits per heavy atom. The normalized spacial score (nSPS) is 12.4. The average molecular weight is 437 g/mol. The van der Waals surface area contributed by atoms with Crippen molar-refractivity contribution in [3.63, 3.8) is 0 Å². The molecule has 130 valence electrons. The lowest BCUT2D eigenvalue weighted by atomic mass is 10.0. The maximum absolute atomic E-state index is 5.36. The zero-order valence-corrected chi connectivity index (χ0v) is 17.1. The van der Waals surface area contributed by atoms with Crippen LogP contribution in [0.5, 0.6) is 5.75 Å². The van der Waals surface area contributed by atoms with Gasteiger partial charge in [-0.2, -0.15) is 0 Å². The maximum Gasteiger partial charge on any atom is 0.119 e. The fourth-order valence-corrected chi connectivity index (χ4v) is 3.42. The molecular weight excluding hydrogens is 409 g/mol. The molecule has 0 bridgehead atoms. The molecule has 0 N–H and O–H groups in total. The lowest BCUT2D eigenvalue weighted by Crippen LogP contribution is -2.32. The zero-order valence-electron chi connectivity index (χ0n) is 15.0. The molecule has 3 heteroatoms. The van der Waals surface area contributed by atoms with Crippen molar-refractivity contribution in [2.24, 2.45) is 0 Å². The van der Waals surface area contributed by atoms with E-state index in [1.54, 1.807) is 7.11 Å². The minimum Gasteiger partial charge on any atom is -0.497 e. The predicted molar refractivity (Wildman–Crippen MR) is 111 cm³/mol. The lowest BCUT2D eigenvalue weighted by Gasteiger charge is -2.25. The Balaban J connectivity index is 1.76. The van der Waals surface area contributed by atoms with Gasteiger partial charge in [-0.3, -0.25) is 0 Å². The Labute approximate surface area is 160 Å². The Kier molecular flexibility index (Phi) is 8.06. The number of rotatable bonds is 9. The third-order valence-electron chi connectivity index (χ3n) is 4.59. The summed E-state index contributed by atoms with van der Waals surface area (Å²) in [6, 6.07) is 17.6. The highest BCUT2D eigenvalue weighted by Gasteiger charge is 2.12. The number of halogens is 1. The van der Waals surface area contributed by atoms with Gasteiger partial charge in [0.05, 0.1) is 7.11 Å². The first-order chi connectivity index (χ1) is 11.6. The Morgan fingerprint density at radius 3 is 2.54 bits per heavy atom. The highest BCUT2D eigenvalue weighted by molar-refractivity contribution is 14.1. The van der Waals surface area contributed by atoms with Crippen LogP contribution in [0.1, 0.15) is 30.9 Å². The van der Waals surface area contributed by atoms with Crippen LogP contribution in [0.4, 0.5) is 0 Å². The van der Waals surface area contributed by atoms with Crippen molar-refractivity contribution < 1.29 is 4.74 Å². The van der Waals surface area contributed by atoms with E-state index in [1.165, 1.54) is 34.0 Å². The summed E-state index contributed by atoms with van der Waals surface area (Å²) in [6.45, 7) is 3.46. The first-order valence-electron chi connectivity index (χ1n) is 8.66. The summed E-state index contributed by atoms with van der Waals surface area (Å²) >= 11 is 2.42. The van der Waals surface area contributed by atoms with Crippen molar-refractivity contribution in [3.05, 3.63) is 63.2 Å². The molecule has 0 spiro atoms. The standard InChI is InChI=1S/C21H28INO/c1-17(15-19-16-20(24-3)12-13-21(19)22)23(2)14-8-7-11-18-9-5-4-6-10-18/h4-6,9-10,12-13,16-17H,7-8,11,14-15H2,1-3H3. The van der Waals surface area contributed by atoms with Gasteiger partial charge in [0.1, 0.15) is 5.75 Å². The van der Waals surface area contributed by atoms with E-state index in [1.807, 2.05) is 6.07 Å². The van der Waals surface area contributed by atoms with Crippen LogP contribution in [-0.2, 0) is 12.8 Å². The van der Waals surface area contributed by atoms with Gasteiger partial charge in [0.2, 0.25) is 0 Å². The maximum atomic E-state index is 5.36.